The van der Waals surface area contributed by atoms with Gasteiger partial charge in [-0.25, -0.2) is 9.18 Å². The zero-order valence-electron chi connectivity index (χ0n) is 7.66. The molecule has 0 saturated heterocycles. The monoisotopic (exact) mass is 195 g/mol. The van der Waals surface area contributed by atoms with E-state index in [1.165, 1.54) is 31.4 Å². The van der Waals surface area contributed by atoms with Crippen molar-refractivity contribution in [2.75, 3.05) is 7.11 Å². The number of esters is 1. The largest absolute Gasteiger partial charge is 0.464 e. The molecule has 0 aromatic heterocycles. The van der Waals surface area contributed by atoms with Gasteiger partial charge in [-0.2, -0.15) is 0 Å². The Morgan fingerprint density at radius 2 is 2.29 bits per heavy atom. The maximum Gasteiger partial charge on any atom is 0.353 e. The molecule has 0 bridgehead atoms. The summed E-state index contributed by atoms with van der Waals surface area (Å²) in [5.74, 6) is -1.01. The van der Waals surface area contributed by atoms with Crippen LogP contribution in [-0.4, -0.2) is 13.1 Å². The summed E-state index contributed by atoms with van der Waals surface area (Å²) in [5, 5.41) is 0. The average Bonchev–Trinajstić information content (AvgIpc) is 2.16. The van der Waals surface area contributed by atoms with E-state index in [2.05, 4.69) is 4.74 Å². The number of nitrogens with two attached hydrogens (primary N) is 1. The molecular formula is C10H10FNO2. The molecule has 0 aliphatic heterocycles. The van der Waals surface area contributed by atoms with Crippen molar-refractivity contribution in [1.29, 1.82) is 0 Å². The minimum Gasteiger partial charge on any atom is -0.464 e. The smallest absolute Gasteiger partial charge is 0.353 e. The summed E-state index contributed by atoms with van der Waals surface area (Å²) in [7, 11) is 1.23. The maximum atomic E-state index is 12.7. The molecule has 14 heavy (non-hydrogen) atoms. The molecule has 74 valence electrons. The van der Waals surface area contributed by atoms with Crippen LogP contribution in [-0.2, 0) is 9.53 Å². The van der Waals surface area contributed by atoms with Gasteiger partial charge in [-0.05, 0) is 23.8 Å². The predicted octanol–water partition coefficient (Wildman–Crippen LogP) is 1.30. The number of carbonyl (C=O) groups is 1. The summed E-state index contributed by atoms with van der Waals surface area (Å²) in [6, 6.07) is 5.76. The summed E-state index contributed by atoms with van der Waals surface area (Å²) in [4.78, 5) is 10.9. The second kappa shape index (κ2) is 4.41. The van der Waals surface area contributed by atoms with Crippen LogP contribution in [0.3, 0.4) is 0 Å². The number of rotatable bonds is 2. The Balaban J connectivity index is 2.91. The molecule has 3 nitrogen and oxygen atoms in total. The lowest BCUT2D eigenvalue weighted by Gasteiger charge is -1.98. The van der Waals surface area contributed by atoms with Crippen molar-refractivity contribution in [1.82, 2.24) is 0 Å². The van der Waals surface area contributed by atoms with Crippen molar-refractivity contribution < 1.29 is 13.9 Å². The minimum atomic E-state index is -0.630. The zero-order chi connectivity index (χ0) is 10.6. The Morgan fingerprint density at radius 1 is 1.57 bits per heavy atom. The van der Waals surface area contributed by atoms with Crippen LogP contribution in [0.5, 0.6) is 0 Å². The van der Waals surface area contributed by atoms with Crippen molar-refractivity contribution in [2.24, 2.45) is 5.73 Å². The van der Waals surface area contributed by atoms with Crippen molar-refractivity contribution in [2.45, 2.75) is 0 Å². The number of ether oxygens (including phenoxy) is 1. The van der Waals surface area contributed by atoms with E-state index in [-0.39, 0.29) is 11.5 Å². The highest BCUT2D eigenvalue weighted by Gasteiger charge is 2.03. The fourth-order valence-corrected chi connectivity index (χ4v) is 0.953. The van der Waals surface area contributed by atoms with Gasteiger partial charge in [0, 0.05) is 0 Å². The van der Waals surface area contributed by atoms with Crippen LogP contribution in [0.15, 0.2) is 30.0 Å². The first-order chi connectivity index (χ1) is 6.63. The lowest BCUT2D eigenvalue weighted by molar-refractivity contribution is -0.136. The van der Waals surface area contributed by atoms with Gasteiger partial charge in [0.05, 0.1) is 7.11 Å². The van der Waals surface area contributed by atoms with Gasteiger partial charge in [-0.1, -0.05) is 12.1 Å². The van der Waals surface area contributed by atoms with Gasteiger partial charge in [-0.15, -0.1) is 0 Å². The van der Waals surface area contributed by atoms with Crippen molar-refractivity contribution in [3.63, 3.8) is 0 Å². The van der Waals surface area contributed by atoms with E-state index >= 15 is 0 Å². The molecule has 0 saturated carbocycles. The molecule has 0 unspecified atom stereocenters. The normalized spacial score (nSPS) is 11.1. The number of benzene rings is 1. The maximum absolute atomic E-state index is 12.7. The van der Waals surface area contributed by atoms with E-state index in [0.29, 0.717) is 5.56 Å². The third-order valence-corrected chi connectivity index (χ3v) is 1.59. The summed E-state index contributed by atoms with van der Waals surface area (Å²) in [6.45, 7) is 0. The van der Waals surface area contributed by atoms with Crippen LogP contribution >= 0.6 is 0 Å². The summed E-state index contributed by atoms with van der Waals surface area (Å²) >= 11 is 0. The van der Waals surface area contributed by atoms with Gasteiger partial charge in [0.1, 0.15) is 11.5 Å². The van der Waals surface area contributed by atoms with E-state index in [1.807, 2.05) is 0 Å². The van der Waals surface area contributed by atoms with Crippen LogP contribution < -0.4 is 5.73 Å². The Labute approximate surface area is 81.0 Å². The highest BCUT2D eigenvalue weighted by atomic mass is 19.1. The first-order valence-corrected chi connectivity index (χ1v) is 3.94. The third-order valence-electron chi connectivity index (χ3n) is 1.59. The molecule has 0 atom stereocenters. The molecule has 0 amide bonds. The fourth-order valence-electron chi connectivity index (χ4n) is 0.953. The lowest BCUT2D eigenvalue weighted by atomic mass is 10.2. The highest BCUT2D eigenvalue weighted by molar-refractivity contribution is 5.92. The second-order valence-electron chi connectivity index (χ2n) is 2.65. The topological polar surface area (TPSA) is 52.3 Å². The number of hydrogen-bond donors (Lipinski definition) is 1. The molecule has 1 aromatic carbocycles. The summed E-state index contributed by atoms with van der Waals surface area (Å²) < 4.78 is 17.1. The molecule has 0 spiro atoms. The Hall–Kier alpha value is -1.84. The Bertz CT molecular complexity index is 374. The summed E-state index contributed by atoms with van der Waals surface area (Å²) in [5.41, 5.74) is 5.84. The molecule has 0 aliphatic rings. The first kappa shape index (κ1) is 10.2. The second-order valence-corrected chi connectivity index (χ2v) is 2.65. The number of methoxy groups -OCH3 is 1. The van der Waals surface area contributed by atoms with E-state index in [9.17, 15) is 9.18 Å². The molecule has 1 rings (SSSR count). The van der Waals surface area contributed by atoms with Crippen LogP contribution in [0.1, 0.15) is 5.56 Å². The number of hydrogen-bond acceptors (Lipinski definition) is 3. The Morgan fingerprint density at radius 3 is 2.86 bits per heavy atom. The SMILES string of the molecule is COC(=O)/C(N)=C/c1cccc(F)c1. The molecule has 0 fully saturated rings. The van der Waals surface area contributed by atoms with Crippen molar-refractivity contribution in [3.8, 4) is 0 Å². The van der Waals surface area contributed by atoms with Crippen LogP contribution in [0.25, 0.3) is 6.08 Å². The molecule has 1 aromatic rings. The van der Waals surface area contributed by atoms with Crippen molar-refractivity contribution >= 4 is 12.0 Å². The van der Waals surface area contributed by atoms with E-state index < -0.39 is 5.97 Å². The van der Waals surface area contributed by atoms with Crippen LogP contribution in [0, 0.1) is 5.82 Å². The van der Waals surface area contributed by atoms with E-state index in [4.69, 9.17) is 5.73 Å². The number of halogens is 1. The standard InChI is InChI=1S/C10H10FNO2/c1-14-10(13)9(12)6-7-3-2-4-8(11)5-7/h2-6H,12H2,1H3/b9-6-. The quantitative estimate of drug-likeness (QED) is 0.571. The molecule has 0 radical (unpaired) electrons. The van der Waals surface area contributed by atoms with E-state index in [0.717, 1.165) is 0 Å². The van der Waals surface area contributed by atoms with Crippen LogP contribution in [0.4, 0.5) is 4.39 Å². The molecule has 0 aliphatic carbocycles. The lowest BCUT2D eigenvalue weighted by Crippen LogP contribution is -2.12. The molecule has 0 heterocycles. The minimum absolute atomic E-state index is 0.0573. The van der Waals surface area contributed by atoms with Gasteiger partial charge in [0.15, 0.2) is 0 Å². The highest BCUT2D eigenvalue weighted by Crippen LogP contribution is 2.07. The average molecular weight is 195 g/mol. The zero-order valence-corrected chi connectivity index (χ0v) is 7.66. The van der Waals surface area contributed by atoms with Crippen LogP contribution in [0.2, 0.25) is 0 Å². The molecule has 2 N–H and O–H groups in total. The van der Waals surface area contributed by atoms with Gasteiger partial charge < -0.3 is 10.5 Å². The predicted molar refractivity (Wildman–Crippen MR) is 50.6 cm³/mol. The number of carbonyl (C=O) groups excluding carboxylic acids is 1. The summed E-state index contributed by atoms with van der Waals surface area (Å²) in [6.07, 6.45) is 1.36. The first-order valence-electron chi connectivity index (χ1n) is 3.94. The fraction of sp³-hybridized carbons (Fsp3) is 0.100. The van der Waals surface area contributed by atoms with Gasteiger partial charge in [0.25, 0.3) is 0 Å². The Kier molecular flexibility index (Phi) is 3.23. The van der Waals surface area contributed by atoms with Gasteiger partial charge in [0.2, 0.25) is 0 Å². The molecule has 4 heteroatoms. The third kappa shape index (κ3) is 2.58. The van der Waals surface area contributed by atoms with Gasteiger partial charge in [-0.3, -0.25) is 0 Å². The van der Waals surface area contributed by atoms with E-state index in [1.54, 1.807) is 6.07 Å². The van der Waals surface area contributed by atoms with Gasteiger partial charge >= 0.3 is 5.97 Å². The van der Waals surface area contributed by atoms with Crippen molar-refractivity contribution in [3.05, 3.63) is 41.3 Å². The molecular weight excluding hydrogens is 185 g/mol.